The molecule has 1 N–H and O–H groups in total. The summed E-state index contributed by atoms with van der Waals surface area (Å²) in [5.74, 6) is 0.295. The van der Waals surface area contributed by atoms with Gasteiger partial charge in [0.2, 0.25) is 5.91 Å². The fourth-order valence-electron chi connectivity index (χ4n) is 2.21. The molecule has 0 bridgehead atoms. The van der Waals surface area contributed by atoms with E-state index in [2.05, 4.69) is 11.4 Å². The maximum Gasteiger partial charge on any atom is 0.231 e. The highest BCUT2D eigenvalue weighted by Crippen LogP contribution is 2.38. The lowest BCUT2D eigenvalue weighted by Crippen LogP contribution is -2.32. The molecule has 0 heterocycles. The van der Waals surface area contributed by atoms with E-state index in [-0.39, 0.29) is 5.91 Å². The molecule has 1 fully saturated rings. The van der Waals surface area contributed by atoms with Crippen LogP contribution in [0.5, 0.6) is 0 Å². The van der Waals surface area contributed by atoms with Gasteiger partial charge in [0.1, 0.15) is 0 Å². The Morgan fingerprint density at radius 1 is 1.35 bits per heavy atom. The molecule has 1 aliphatic rings. The summed E-state index contributed by atoms with van der Waals surface area (Å²) in [5.41, 5.74) is 0.361. The van der Waals surface area contributed by atoms with E-state index in [0.29, 0.717) is 11.1 Å². The summed E-state index contributed by atoms with van der Waals surface area (Å²) in [6, 6.07) is 8.05. The van der Waals surface area contributed by atoms with E-state index in [1.165, 1.54) is 25.7 Å². The molecular formula is C16H22ClNOS. The summed E-state index contributed by atoms with van der Waals surface area (Å²) >= 11 is 7.76. The lowest BCUT2D eigenvalue weighted by atomic mass is 9.95. The first-order valence-corrected chi connectivity index (χ1v) is 8.57. The second kappa shape index (κ2) is 6.86. The zero-order valence-electron chi connectivity index (χ0n) is 12.1. The molecule has 1 aliphatic carbocycles. The molecule has 2 rings (SSSR count). The normalized spacial score (nSPS) is 16.4. The van der Waals surface area contributed by atoms with Crippen molar-refractivity contribution in [3.63, 3.8) is 0 Å². The third-order valence-corrected chi connectivity index (χ3v) is 5.76. The van der Waals surface area contributed by atoms with E-state index in [0.717, 1.165) is 10.6 Å². The smallest absolute Gasteiger partial charge is 0.231 e. The Hall–Kier alpha value is -0.670. The van der Waals surface area contributed by atoms with Gasteiger partial charge in [-0.05, 0) is 38.8 Å². The summed E-state index contributed by atoms with van der Waals surface area (Å²) in [6.07, 6.45) is 5.21. The predicted molar refractivity (Wildman–Crippen MR) is 87.7 cm³/mol. The molecule has 0 aromatic heterocycles. The van der Waals surface area contributed by atoms with Gasteiger partial charge in [0, 0.05) is 16.0 Å². The van der Waals surface area contributed by atoms with Crippen LogP contribution in [-0.2, 0) is 4.79 Å². The van der Waals surface area contributed by atoms with Crippen molar-refractivity contribution in [3.8, 4) is 0 Å². The molecule has 0 unspecified atom stereocenters. The molecular weight excluding hydrogens is 290 g/mol. The molecule has 1 saturated carbocycles. The van der Waals surface area contributed by atoms with Crippen LogP contribution in [0, 0.1) is 5.41 Å². The first kappa shape index (κ1) is 15.7. The number of benzene rings is 1. The molecule has 0 radical (unpaired) electrons. The molecule has 1 amide bonds. The maximum atomic E-state index is 12.2. The van der Waals surface area contributed by atoms with Crippen molar-refractivity contribution in [1.29, 1.82) is 0 Å². The summed E-state index contributed by atoms with van der Waals surface area (Å²) < 4.78 is 0. The number of alkyl halides is 1. The molecule has 110 valence electrons. The number of hydrogen-bond donors (Lipinski definition) is 1. The standard InChI is InChI=1S/C16H22ClNOS/c1-16(2,11-17)15(19)18-13-9-5-6-10-14(13)20-12-7-3-4-8-12/h5-6,9-10,12H,3-4,7-8,11H2,1-2H3,(H,18,19). The summed E-state index contributed by atoms with van der Waals surface area (Å²) in [5, 5.41) is 3.72. The topological polar surface area (TPSA) is 29.1 Å². The van der Waals surface area contributed by atoms with Crippen LogP contribution in [0.25, 0.3) is 0 Å². The lowest BCUT2D eigenvalue weighted by Gasteiger charge is -2.22. The molecule has 2 nitrogen and oxygen atoms in total. The summed E-state index contributed by atoms with van der Waals surface area (Å²) in [4.78, 5) is 13.4. The van der Waals surface area contributed by atoms with Crippen LogP contribution in [0.1, 0.15) is 39.5 Å². The first-order chi connectivity index (χ1) is 9.53. The Morgan fingerprint density at radius 3 is 2.65 bits per heavy atom. The van der Waals surface area contributed by atoms with E-state index in [9.17, 15) is 4.79 Å². The lowest BCUT2D eigenvalue weighted by molar-refractivity contribution is -0.122. The van der Waals surface area contributed by atoms with Gasteiger partial charge in [0.15, 0.2) is 0 Å². The quantitative estimate of drug-likeness (QED) is 0.782. The van der Waals surface area contributed by atoms with Crippen molar-refractivity contribution in [2.75, 3.05) is 11.2 Å². The fraction of sp³-hybridized carbons (Fsp3) is 0.562. The van der Waals surface area contributed by atoms with Crippen molar-refractivity contribution in [3.05, 3.63) is 24.3 Å². The van der Waals surface area contributed by atoms with Crippen LogP contribution in [0.2, 0.25) is 0 Å². The molecule has 0 atom stereocenters. The van der Waals surface area contributed by atoms with Crippen LogP contribution in [0.15, 0.2) is 29.2 Å². The minimum absolute atomic E-state index is 0.0213. The number of hydrogen-bond acceptors (Lipinski definition) is 2. The van der Waals surface area contributed by atoms with E-state index >= 15 is 0 Å². The number of carbonyl (C=O) groups excluding carboxylic acids is 1. The molecule has 20 heavy (non-hydrogen) atoms. The SMILES string of the molecule is CC(C)(CCl)C(=O)Nc1ccccc1SC1CCCC1. The zero-order chi connectivity index (χ0) is 14.6. The van der Waals surface area contributed by atoms with Crippen molar-refractivity contribution < 1.29 is 4.79 Å². The number of halogens is 1. The Bertz CT molecular complexity index is 469. The Labute approximate surface area is 130 Å². The number of thioether (sulfide) groups is 1. The number of nitrogens with one attached hydrogen (secondary N) is 1. The van der Waals surface area contributed by atoms with Crippen LogP contribution in [0.4, 0.5) is 5.69 Å². The van der Waals surface area contributed by atoms with Gasteiger partial charge in [0.25, 0.3) is 0 Å². The molecule has 1 aromatic carbocycles. The number of carbonyl (C=O) groups is 1. The van der Waals surface area contributed by atoms with Crippen LogP contribution in [-0.4, -0.2) is 17.0 Å². The van der Waals surface area contributed by atoms with Gasteiger partial charge in [0.05, 0.1) is 11.1 Å². The molecule has 4 heteroatoms. The molecule has 0 spiro atoms. The van der Waals surface area contributed by atoms with E-state index < -0.39 is 5.41 Å². The molecule has 0 saturated heterocycles. The monoisotopic (exact) mass is 311 g/mol. The number of para-hydroxylation sites is 1. The number of amides is 1. The second-order valence-electron chi connectivity index (χ2n) is 5.99. The number of anilines is 1. The van der Waals surface area contributed by atoms with Gasteiger partial charge >= 0.3 is 0 Å². The first-order valence-electron chi connectivity index (χ1n) is 7.16. The van der Waals surface area contributed by atoms with Crippen LogP contribution in [0.3, 0.4) is 0 Å². The number of rotatable bonds is 5. The third kappa shape index (κ3) is 3.92. The minimum Gasteiger partial charge on any atom is -0.325 e. The zero-order valence-corrected chi connectivity index (χ0v) is 13.7. The van der Waals surface area contributed by atoms with E-state index in [4.69, 9.17) is 11.6 Å². The largest absolute Gasteiger partial charge is 0.325 e. The van der Waals surface area contributed by atoms with Gasteiger partial charge in [-0.3, -0.25) is 4.79 Å². The van der Waals surface area contributed by atoms with Gasteiger partial charge in [-0.2, -0.15) is 0 Å². The van der Waals surface area contributed by atoms with Crippen molar-refractivity contribution in [2.45, 2.75) is 49.7 Å². The average molecular weight is 312 g/mol. The van der Waals surface area contributed by atoms with Gasteiger partial charge in [-0.15, -0.1) is 23.4 Å². The average Bonchev–Trinajstić information content (AvgIpc) is 2.94. The Kier molecular flexibility index (Phi) is 5.39. The molecule has 0 aliphatic heterocycles. The maximum absolute atomic E-state index is 12.2. The minimum atomic E-state index is -0.549. The Morgan fingerprint density at radius 2 is 2.00 bits per heavy atom. The van der Waals surface area contributed by atoms with E-state index in [1.807, 2.05) is 43.8 Å². The Balaban J connectivity index is 2.09. The summed E-state index contributed by atoms with van der Waals surface area (Å²) in [7, 11) is 0. The van der Waals surface area contributed by atoms with Crippen molar-refractivity contribution in [1.82, 2.24) is 0 Å². The predicted octanol–water partition coefficient (Wildman–Crippen LogP) is 4.92. The van der Waals surface area contributed by atoms with Gasteiger partial charge in [-0.1, -0.05) is 25.0 Å². The second-order valence-corrected chi connectivity index (χ2v) is 7.60. The highest BCUT2D eigenvalue weighted by molar-refractivity contribution is 8.00. The highest BCUT2D eigenvalue weighted by atomic mass is 35.5. The highest BCUT2D eigenvalue weighted by Gasteiger charge is 2.27. The van der Waals surface area contributed by atoms with Crippen molar-refractivity contribution in [2.24, 2.45) is 5.41 Å². The van der Waals surface area contributed by atoms with Crippen LogP contribution >= 0.6 is 23.4 Å². The van der Waals surface area contributed by atoms with Gasteiger partial charge < -0.3 is 5.32 Å². The van der Waals surface area contributed by atoms with Gasteiger partial charge in [-0.25, -0.2) is 0 Å². The fourth-order valence-corrected chi connectivity index (χ4v) is 3.66. The third-order valence-electron chi connectivity index (χ3n) is 3.68. The molecule has 1 aromatic rings. The van der Waals surface area contributed by atoms with Crippen molar-refractivity contribution >= 4 is 35.0 Å². The van der Waals surface area contributed by atoms with E-state index in [1.54, 1.807) is 0 Å². The summed E-state index contributed by atoms with van der Waals surface area (Å²) in [6.45, 7) is 3.73. The van der Waals surface area contributed by atoms with Crippen LogP contribution < -0.4 is 5.32 Å².